The van der Waals surface area contributed by atoms with Crippen molar-refractivity contribution in [2.45, 2.75) is 13.3 Å². The Balaban J connectivity index is 2.24. The minimum atomic E-state index is -1.40. The Kier molecular flexibility index (Phi) is 4.80. The first kappa shape index (κ1) is 16.8. The molecule has 0 aliphatic rings. The average Bonchev–Trinajstić information content (AvgIpc) is 3.10. The van der Waals surface area contributed by atoms with Crippen LogP contribution in [0, 0.1) is 0 Å². The molecule has 0 aliphatic heterocycles. The molecule has 8 heteroatoms. The highest BCUT2D eigenvalue weighted by Gasteiger charge is 2.23. The monoisotopic (exact) mass is 382 g/mol. The summed E-state index contributed by atoms with van der Waals surface area (Å²) in [6.45, 7) is 1.91. The molecule has 0 radical (unpaired) electrons. The number of thiophene rings is 1. The second-order valence-corrected chi connectivity index (χ2v) is 7.00. The van der Waals surface area contributed by atoms with Crippen molar-refractivity contribution in [2.75, 3.05) is 0 Å². The first-order chi connectivity index (χ1) is 11.5. The van der Waals surface area contributed by atoms with Crippen molar-refractivity contribution in [3.05, 3.63) is 51.3 Å². The van der Waals surface area contributed by atoms with Gasteiger partial charge in [0.15, 0.2) is 0 Å². The quantitative estimate of drug-likeness (QED) is 0.602. The van der Waals surface area contributed by atoms with Gasteiger partial charge >= 0.3 is 6.16 Å². The highest BCUT2D eigenvalue weighted by atomic mass is 35.5. The Labute approximate surface area is 152 Å². The number of benzene rings is 1. The lowest BCUT2D eigenvalue weighted by Crippen LogP contribution is -2.05. The summed E-state index contributed by atoms with van der Waals surface area (Å²) in [6, 6.07) is 10.8. The zero-order valence-corrected chi connectivity index (χ0v) is 14.8. The normalized spacial score (nSPS) is 10.8. The molecule has 0 bridgehead atoms. The molecule has 0 amide bonds. The molecule has 3 rings (SSSR count). The molecular formula is C16H12Cl2N2O3S. The van der Waals surface area contributed by atoms with Crippen LogP contribution >= 0.6 is 34.5 Å². The van der Waals surface area contributed by atoms with E-state index in [1.165, 1.54) is 11.3 Å². The van der Waals surface area contributed by atoms with Crippen LogP contribution < -0.4 is 4.74 Å². The second-order valence-electron chi connectivity index (χ2n) is 4.85. The molecule has 0 aliphatic carbocycles. The van der Waals surface area contributed by atoms with Crippen molar-refractivity contribution in [2.24, 2.45) is 0 Å². The number of carbonyl (C=O) groups is 1. The third kappa shape index (κ3) is 3.26. The van der Waals surface area contributed by atoms with Crippen molar-refractivity contribution in [3.8, 4) is 22.1 Å². The van der Waals surface area contributed by atoms with E-state index in [1.807, 2.05) is 13.0 Å². The van der Waals surface area contributed by atoms with Crippen molar-refractivity contribution < 1.29 is 14.6 Å². The van der Waals surface area contributed by atoms with E-state index >= 15 is 0 Å². The molecule has 0 saturated heterocycles. The van der Waals surface area contributed by atoms with E-state index in [-0.39, 0.29) is 5.88 Å². The van der Waals surface area contributed by atoms with E-state index in [4.69, 9.17) is 33.0 Å². The maximum Gasteiger partial charge on any atom is 0.512 e. The smallest absolute Gasteiger partial charge is 0.449 e. The fourth-order valence-corrected chi connectivity index (χ4v) is 3.60. The molecule has 24 heavy (non-hydrogen) atoms. The minimum Gasteiger partial charge on any atom is -0.449 e. The number of nitrogens with zero attached hydrogens (tertiary/aromatic N) is 2. The topological polar surface area (TPSA) is 64.3 Å². The van der Waals surface area contributed by atoms with Crippen molar-refractivity contribution >= 4 is 40.7 Å². The van der Waals surface area contributed by atoms with E-state index in [0.717, 1.165) is 16.3 Å². The number of ether oxygens (including phenoxy) is 1. The molecule has 0 fully saturated rings. The van der Waals surface area contributed by atoms with Crippen LogP contribution in [0.15, 0.2) is 36.4 Å². The van der Waals surface area contributed by atoms with Gasteiger partial charge in [-0.3, -0.25) is 0 Å². The predicted octanol–water partition coefficient (Wildman–Crippen LogP) is 5.53. The van der Waals surface area contributed by atoms with Gasteiger partial charge in [0.2, 0.25) is 5.88 Å². The largest absolute Gasteiger partial charge is 0.512 e. The molecule has 0 atom stereocenters. The third-order valence-electron chi connectivity index (χ3n) is 3.36. The van der Waals surface area contributed by atoms with Gasteiger partial charge in [0.05, 0.1) is 20.6 Å². The molecule has 0 spiro atoms. The van der Waals surface area contributed by atoms with Gasteiger partial charge in [-0.05, 0) is 42.8 Å². The molecule has 3 aromatic rings. The maximum absolute atomic E-state index is 11.0. The second kappa shape index (κ2) is 6.84. The van der Waals surface area contributed by atoms with Gasteiger partial charge in [0, 0.05) is 10.6 Å². The lowest BCUT2D eigenvalue weighted by molar-refractivity contribution is 0.142. The molecule has 1 N–H and O–H groups in total. The van der Waals surface area contributed by atoms with Crippen molar-refractivity contribution in [1.29, 1.82) is 0 Å². The average molecular weight is 383 g/mol. The summed E-state index contributed by atoms with van der Waals surface area (Å²) in [4.78, 5) is 11.8. The summed E-state index contributed by atoms with van der Waals surface area (Å²) >= 11 is 13.4. The Morgan fingerprint density at radius 2 is 1.96 bits per heavy atom. The van der Waals surface area contributed by atoms with E-state index in [2.05, 4.69) is 5.10 Å². The number of hydrogen-bond acceptors (Lipinski definition) is 4. The summed E-state index contributed by atoms with van der Waals surface area (Å²) < 4.78 is 7.15. The molecule has 5 nitrogen and oxygen atoms in total. The van der Waals surface area contributed by atoms with Gasteiger partial charge in [0.25, 0.3) is 0 Å². The fraction of sp³-hybridized carbons (Fsp3) is 0.125. The molecule has 1 aromatic carbocycles. The maximum atomic E-state index is 11.0. The highest BCUT2D eigenvalue weighted by Crippen LogP contribution is 2.38. The molecular weight excluding hydrogens is 371 g/mol. The predicted molar refractivity (Wildman–Crippen MR) is 94.9 cm³/mol. The number of aromatic nitrogens is 2. The lowest BCUT2D eigenvalue weighted by atomic mass is 10.1. The molecule has 2 aromatic heterocycles. The van der Waals surface area contributed by atoms with Crippen LogP contribution in [0.2, 0.25) is 9.36 Å². The first-order valence-electron chi connectivity index (χ1n) is 7.04. The summed E-state index contributed by atoms with van der Waals surface area (Å²) in [5, 5.41) is 13.9. The first-order valence-corrected chi connectivity index (χ1v) is 8.61. The fourth-order valence-electron chi connectivity index (χ4n) is 2.38. The zero-order valence-electron chi connectivity index (χ0n) is 12.5. The van der Waals surface area contributed by atoms with Crippen LogP contribution in [0.5, 0.6) is 5.88 Å². The van der Waals surface area contributed by atoms with Crippen LogP contribution in [0.1, 0.15) is 12.5 Å². The molecule has 2 heterocycles. The molecule has 0 saturated carbocycles. The van der Waals surface area contributed by atoms with Gasteiger partial charge in [0.1, 0.15) is 0 Å². The summed E-state index contributed by atoms with van der Waals surface area (Å²) in [7, 11) is 0. The van der Waals surface area contributed by atoms with Gasteiger partial charge in [-0.25, -0.2) is 9.48 Å². The number of halogens is 2. The lowest BCUT2D eigenvalue weighted by Gasteiger charge is -2.07. The number of rotatable bonds is 4. The van der Waals surface area contributed by atoms with Crippen molar-refractivity contribution in [1.82, 2.24) is 9.78 Å². The summed E-state index contributed by atoms with van der Waals surface area (Å²) in [6.07, 6.45) is -0.845. The highest BCUT2D eigenvalue weighted by molar-refractivity contribution is 7.19. The van der Waals surface area contributed by atoms with E-state index in [1.54, 1.807) is 35.0 Å². The van der Waals surface area contributed by atoms with Crippen LogP contribution in [0.25, 0.3) is 16.3 Å². The Hall–Kier alpha value is -2.02. The van der Waals surface area contributed by atoms with E-state index in [0.29, 0.717) is 21.3 Å². The van der Waals surface area contributed by atoms with Gasteiger partial charge in [-0.1, -0.05) is 30.1 Å². The number of carboxylic acid groups (broad SMARTS) is 1. The van der Waals surface area contributed by atoms with Crippen LogP contribution in [-0.2, 0) is 6.42 Å². The third-order valence-corrected chi connectivity index (χ3v) is 4.85. The van der Waals surface area contributed by atoms with E-state index in [9.17, 15) is 4.79 Å². The minimum absolute atomic E-state index is 0.0690. The molecule has 124 valence electrons. The zero-order chi connectivity index (χ0) is 17.3. The standard InChI is InChI=1S/C16H12Cl2N2O3S/c1-2-11-14(12-7-8-13(18)24-12)20(19-15(11)23-16(21)22)10-5-3-9(17)4-6-10/h3-8H,2H2,1H3,(H,21,22). The Morgan fingerprint density at radius 1 is 1.25 bits per heavy atom. The van der Waals surface area contributed by atoms with Gasteiger partial charge in [-0.2, -0.15) is 0 Å². The van der Waals surface area contributed by atoms with Crippen LogP contribution in [0.4, 0.5) is 4.79 Å². The number of hydrogen-bond donors (Lipinski definition) is 1. The SMILES string of the molecule is CCc1c(OC(=O)O)nn(-c2ccc(Cl)cc2)c1-c1ccc(Cl)s1. The van der Waals surface area contributed by atoms with Gasteiger partial charge in [-0.15, -0.1) is 16.4 Å². The van der Waals surface area contributed by atoms with Gasteiger partial charge < -0.3 is 9.84 Å². The Morgan fingerprint density at radius 3 is 2.50 bits per heavy atom. The van der Waals surface area contributed by atoms with E-state index < -0.39 is 6.16 Å². The van der Waals surface area contributed by atoms with Crippen LogP contribution in [0.3, 0.4) is 0 Å². The van der Waals surface area contributed by atoms with Crippen LogP contribution in [-0.4, -0.2) is 21.0 Å². The summed E-state index contributed by atoms with van der Waals surface area (Å²) in [5.41, 5.74) is 2.20. The summed E-state index contributed by atoms with van der Waals surface area (Å²) in [5.74, 6) is 0.0690. The Bertz CT molecular complexity index is 887. The molecule has 0 unspecified atom stereocenters. The van der Waals surface area contributed by atoms with Crippen molar-refractivity contribution in [3.63, 3.8) is 0 Å².